The van der Waals surface area contributed by atoms with Crippen molar-refractivity contribution >= 4 is 22.6 Å². The zero-order valence-corrected chi connectivity index (χ0v) is 15.9. The van der Waals surface area contributed by atoms with Crippen molar-refractivity contribution in [2.45, 2.75) is 13.3 Å². The van der Waals surface area contributed by atoms with Crippen LogP contribution in [-0.4, -0.2) is 47.1 Å². The van der Waals surface area contributed by atoms with Crippen LogP contribution in [0.5, 0.6) is 5.75 Å². The van der Waals surface area contributed by atoms with E-state index in [2.05, 4.69) is 27.4 Å². The minimum absolute atomic E-state index is 0.0521. The molecule has 0 fully saturated rings. The third kappa shape index (κ3) is 4.01. The molecule has 2 amide bonds. The van der Waals surface area contributed by atoms with E-state index in [4.69, 9.17) is 4.74 Å². The molecule has 1 aliphatic rings. The zero-order chi connectivity index (χ0) is 19.3. The predicted molar refractivity (Wildman–Crippen MR) is 110 cm³/mol. The number of aryl methyl sites for hydroxylation is 1. The molecule has 1 aliphatic heterocycles. The molecule has 0 unspecified atom stereocenters. The normalized spacial score (nSPS) is 14.0. The average molecular weight is 376 g/mol. The lowest BCUT2D eigenvalue weighted by Gasteiger charge is -2.26. The topological polar surface area (TPSA) is 70.2 Å². The second-order valence-electron chi connectivity index (χ2n) is 6.92. The van der Waals surface area contributed by atoms with Crippen LogP contribution in [0.15, 0.2) is 54.9 Å². The first-order valence-electron chi connectivity index (χ1n) is 9.54. The first-order chi connectivity index (χ1) is 13.7. The summed E-state index contributed by atoms with van der Waals surface area (Å²) in [5, 5.41) is 4.06. The van der Waals surface area contributed by atoms with Crippen LogP contribution in [0, 0.1) is 6.92 Å². The molecule has 6 heteroatoms. The summed E-state index contributed by atoms with van der Waals surface area (Å²) >= 11 is 0. The number of amides is 2. The molecule has 0 spiro atoms. The summed E-state index contributed by atoms with van der Waals surface area (Å²) < 4.78 is 5.68. The third-order valence-electron chi connectivity index (χ3n) is 4.93. The number of carbonyl (C=O) groups excluding carboxylic acids is 1. The Morgan fingerprint density at radius 2 is 2.25 bits per heavy atom. The van der Waals surface area contributed by atoms with Crippen molar-refractivity contribution in [3.05, 3.63) is 66.0 Å². The van der Waals surface area contributed by atoms with Gasteiger partial charge < -0.3 is 19.9 Å². The number of aromatic nitrogens is 2. The number of nitrogens with zero attached hydrogens (tertiary/aromatic N) is 2. The first kappa shape index (κ1) is 18.1. The second kappa shape index (κ2) is 8.17. The van der Waals surface area contributed by atoms with Crippen LogP contribution in [0.1, 0.15) is 17.5 Å². The molecule has 2 aromatic heterocycles. The fourth-order valence-corrected chi connectivity index (χ4v) is 3.46. The predicted octanol–water partition coefficient (Wildman–Crippen LogP) is 3.75. The van der Waals surface area contributed by atoms with E-state index in [0.29, 0.717) is 26.2 Å². The SMILES string of the molecule is Cc1cccc(OCCNC(=O)N2CC=C(c3c[nH]c4ncccc34)CC2)c1. The summed E-state index contributed by atoms with van der Waals surface area (Å²) in [5.74, 6) is 0.827. The highest BCUT2D eigenvalue weighted by molar-refractivity contribution is 5.91. The lowest BCUT2D eigenvalue weighted by Crippen LogP contribution is -2.43. The molecule has 0 atom stereocenters. The summed E-state index contributed by atoms with van der Waals surface area (Å²) in [4.78, 5) is 21.8. The molecule has 0 aliphatic carbocycles. The van der Waals surface area contributed by atoms with Gasteiger partial charge in [-0.3, -0.25) is 0 Å². The van der Waals surface area contributed by atoms with Crippen molar-refractivity contribution in [1.29, 1.82) is 0 Å². The Kier molecular flexibility index (Phi) is 5.28. The largest absolute Gasteiger partial charge is 0.492 e. The number of hydrogen-bond donors (Lipinski definition) is 2. The average Bonchev–Trinajstić information content (AvgIpc) is 3.15. The second-order valence-corrected chi connectivity index (χ2v) is 6.92. The van der Waals surface area contributed by atoms with Gasteiger partial charge in [0, 0.05) is 36.4 Å². The Morgan fingerprint density at radius 3 is 3.07 bits per heavy atom. The molecule has 6 nitrogen and oxygen atoms in total. The number of pyridine rings is 1. The van der Waals surface area contributed by atoms with E-state index in [9.17, 15) is 4.79 Å². The smallest absolute Gasteiger partial charge is 0.317 e. The fraction of sp³-hybridized carbons (Fsp3) is 0.273. The van der Waals surface area contributed by atoms with Crippen LogP contribution in [0.2, 0.25) is 0 Å². The van der Waals surface area contributed by atoms with Crippen molar-refractivity contribution < 1.29 is 9.53 Å². The summed E-state index contributed by atoms with van der Waals surface area (Å²) in [6.45, 7) is 4.26. The number of ether oxygens (including phenoxy) is 1. The number of fused-ring (bicyclic) bond motifs is 1. The van der Waals surface area contributed by atoms with Gasteiger partial charge in [-0.05, 0) is 48.7 Å². The van der Waals surface area contributed by atoms with Crippen molar-refractivity contribution in [1.82, 2.24) is 20.2 Å². The highest BCUT2D eigenvalue weighted by Gasteiger charge is 2.19. The standard InChI is InChI=1S/C22H24N4O2/c1-16-4-2-5-18(14-16)28-13-10-24-22(27)26-11-7-17(8-12-26)20-15-25-21-19(20)6-3-9-23-21/h2-7,9,14-15H,8,10-13H2,1H3,(H,23,25)(H,24,27). The molecular formula is C22H24N4O2. The van der Waals surface area contributed by atoms with Crippen molar-refractivity contribution in [2.75, 3.05) is 26.2 Å². The van der Waals surface area contributed by atoms with E-state index in [0.717, 1.165) is 28.8 Å². The van der Waals surface area contributed by atoms with Gasteiger partial charge in [-0.15, -0.1) is 0 Å². The minimum atomic E-state index is -0.0521. The third-order valence-corrected chi connectivity index (χ3v) is 4.93. The van der Waals surface area contributed by atoms with Crippen LogP contribution >= 0.6 is 0 Å². The van der Waals surface area contributed by atoms with E-state index in [1.807, 2.05) is 48.4 Å². The molecule has 28 heavy (non-hydrogen) atoms. The van der Waals surface area contributed by atoms with Gasteiger partial charge in [0.2, 0.25) is 0 Å². The zero-order valence-electron chi connectivity index (χ0n) is 15.9. The van der Waals surface area contributed by atoms with E-state index < -0.39 is 0 Å². The Labute approximate surface area is 164 Å². The molecule has 1 aromatic carbocycles. The van der Waals surface area contributed by atoms with Crippen LogP contribution in [0.4, 0.5) is 4.79 Å². The monoisotopic (exact) mass is 376 g/mol. The van der Waals surface area contributed by atoms with Gasteiger partial charge in [-0.25, -0.2) is 9.78 Å². The molecule has 2 N–H and O–H groups in total. The Hall–Kier alpha value is -3.28. The summed E-state index contributed by atoms with van der Waals surface area (Å²) in [6, 6.07) is 11.9. The number of nitrogens with one attached hydrogen (secondary N) is 2. The Bertz CT molecular complexity index is 1010. The summed E-state index contributed by atoms with van der Waals surface area (Å²) in [6.07, 6.45) is 6.74. The van der Waals surface area contributed by atoms with Gasteiger partial charge in [0.1, 0.15) is 18.0 Å². The van der Waals surface area contributed by atoms with Crippen molar-refractivity contribution in [3.63, 3.8) is 0 Å². The van der Waals surface area contributed by atoms with E-state index >= 15 is 0 Å². The van der Waals surface area contributed by atoms with Crippen LogP contribution in [0.25, 0.3) is 16.6 Å². The van der Waals surface area contributed by atoms with Gasteiger partial charge in [0.15, 0.2) is 0 Å². The number of urea groups is 1. The van der Waals surface area contributed by atoms with Gasteiger partial charge in [0.05, 0.1) is 6.54 Å². The number of benzene rings is 1. The maximum absolute atomic E-state index is 12.4. The van der Waals surface area contributed by atoms with Gasteiger partial charge in [-0.2, -0.15) is 0 Å². The quantitative estimate of drug-likeness (QED) is 0.666. The molecule has 0 bridgehead atoms. The molecule has 0 saturated carbocycles. The number of rotatable bonds is 5. The van der Waals surface area contributed by atoms with Crippen LogP contribution in [0.3, 0.4) is 0 Å². The Balaban J connectivity index is 1.27. The number of H-pyrrole nitrogens is 1. The molecule has 0 radical (unpaired) electrons. The number of carbonyl (C=O) groups is 1. The summed E-state index contributed by atoms with van der Waals surface area (Å²) in [7, 11) is 0. The van der Waals surface area contributed by atoms with E-state index in [1.54, 1.807) is 6.20 Å². The first-order valence-corrected chi connectivity index (χ1v) is 9.54. The minimum Gasteiger partial charge on any atom is -0.492 e. The lowest BCUT2D eigenvalue weighted by molar-refractivity contribution is 0.200. The van der Waals surface area contributed by atoms with Crippen LogP contribution < -0.4 is 10.1 Å². The highest BCUT2D eigenvalue weighted by atomic mass is 16.5. The molecular weight excluding hydrogens is 352 g/mol. The molecule has 3 heterocycles. The molecule has 3 aromatic rings. The van der Waals surface area contributed by atoms with E-state index in [1.165, 1.54) is 11.1 Å². The van der Waals surface area contributed by atoms with Crippen molar-refractivity contribution in [3.8, 4) is 5.75 Å². The highest BCUT2D eigenvalue weighted by Crippen LogP contribution is 2.28. The fourth-order valence-electron chi connectivity index (χ4n) is 3.46. The maximum atomic E-state index is 12.4. The molecule has 4 rings (SSSR count). The van der Waals surface area contributed by atoms with Gasteiger partial charge >= 0.3 is 6.03 Å². The maximum Gasteiger partial charge on any atom is 0.317 e. The number of hydrogen-bond acceptors (Lipinski definition) is 3. The molecule has 144 valence electrons. The number of aromatic amines is 1. The summed E-state index contributed by atoms with van der Waals surface area (Å²) in [5.41, 5.74) is 4.48. The van der Waals surface area contributed by atoms with Crippen LogP contribution in [-0.2, 0) is 0 Å². The Morgan fingerprint density at radius 1 is 1.32 bits per heavy atom. The van der Waals surface area contributed by atoms with Gasteiger partial charge in [0.25, 0.3) is 0 Å². The van der Waals surface area contributed by atoms with E-state index in [-0.39, 0.29) is 6.03 Å². The lowest BCUT2D eigenvalue weighted by atomic mass is 10.00. The van der Waals surface area contributed by atoms with Gasteiger partial charge in [-0.1, -0.05) is 18.2 Å². The molecule has 0 saturated heterocycles. The van der Waals surface area contributed by atoms with Crippen molar-refractivity contribution in [2.24, 2.45) is 0 Å².